The zero-order chi connectivity index (χ0) is 22.6. The Morgan fingerprint density at radius 3 is 2.28 bits per heavy atom. The Morgan fingerprint density at radius 1 is 0.875 bits per heavy atom. The van der Waals surface area contributed by atoms with Gasteiger partial charge in [0.2, 0.25) is 11.9 Å². The van der Waals surface area contributed by atoms with Gasteiger partial charge in [0.25, 0.3) is 0 Å². The molecule has 3 N–H and O–H groups in total. The Labute approximate surface area is 184 Å². The second-order valence-corrected chi connectivity index (χ2v) is 7.55. The van der Waals surface area contributed by atoms with E-state index in [4.69, 9.17) is 5.73 Å². The number of rotatable bonds is 6. The number of nitrogens with one attached hydrogen (secondary N) is 1. The maximum Gasteiger partial charge on any atom is 0.418 e. The van der Waals surface area contributed by atoms with Gasteiger partial charge >= 0.3 is 6.18 Å². The quantitative estimate of drug-likeness (QED) is 0.604. The zero-order valence-corrected chi connectivity index (χ0v) is 17.4. The van der Waals surface area contributed by atoms with Crippen molar-refractivity contribution in [3.63, 3.8) is 0 Å². The molecule has 0 bridgehead atoms. The molecule has 168 valence electrons. The largest absolute Gasteiger partial charge is 0.418 e. The molecular weight excluding hydrogens is 419 g/mol. The molecule has 4 rings (SSSR count). The van der Waals surface area contributed by atoms with Crippen molar-refractivity contribution >= 4 is 17.6 Å². The van der Waals surface area contributed by atoms with Crippen LogP contribution >= 0.6 is 0 Å². The monoisotopic (exact) mass is 443 g/mol. The van der Waals surface area contributed by atoms with E-state index in [2.05, 4.69) is 25.2 Å². The predicted molar refractivity (Wildman–Crippen MR) is 117 cm³/mol. The Balaban J connectivity index is 1.37. The standard InChI is InChI=1S/C22H24F3N7/c23-22(24,25)17-8-4-5-9-18(17)32-12-10-31(11-13-32)15-19-28-20(26)30-21(29-19)27-14-16-6-2-1-3-7-16/h1-9H,10-15H2,(H3,26,27,28,29,30). The minimum absolute atomic E-state index is 0.128. The molecule has 0 radical (unpaired) electrons. The van der Waals surface area contributed by atoms with Crippen LogP contribution < -0.4 is 16.0 Å². The molecule has 0 atom stereocenters. The van der Waals surface area contributed by atoms with Crippen LogP contribution in [0.5, 0.6) is 0 Å². The fourth-order valence-corrected chi connectivity index (χ4v) is 3.70. The number of para-hydroxylation sites is 1. The Kier molecular flexibility index (Phi) is 6.40. The third-order valence-corrected chi connectivity index (χ3v) is 5.28. The van der Waals surface area contributed by atoms with Gasteiger partial charge in [-0.1, -0.05) is 42.5 Å². The van der Waals surface area contributed by atoms with Crippen molar-refractivity contribution in [3.05, 3.63) is 71.5 Å². The van der Waals surface area contributed by atoms with Crippen LogP contribution in [-0.2, 0) is 19.3 Å². The maximum absolute atomic E-state index is 13.3. The van der Waals surface area contributed by atoms with Gasteiger partial charge in [-0.05, 0) is 17.7 Å². The van der Waals surface area contributed by atoms with E-state index in [1.54, 1.807) is 11.0 Å². The molecule has 0 amide bonds. The lowest BCUT2D eigenvalue weighted by Crippen LogP contribution is -2.46. The number of alkyl halides is 3. The molecule has 1 saturated heterocycles. The number of nitrogens with zero attached hydrogens (tertiary/aromatic N) is 5. The molecule has 0 spiro atoms. The SMILES string of the molecule is Nc1nc(CN2CCN(c3ccccc3C(F)(F)F)CC2)nc(NCc2ccccc2)n1. The summed E-state index contributed by atoms with van der Waals surface area (Å²) in [6.45, 7) is 3.14. The van der Waals surface area contributed by atoms with Crippen LogP contribution in [0, 0.1) is 0 Å². The number of halogens is 3. The van der Waals surface area contributed by atoms with Gasteiger partial charge in [0, 0.05) is 38.4 Å². The highest BCUT2D eigenvalue weighted by molar-refractivity contribution is 5.55. The summed E-state index contributed by atoms with van der Waals surface area (Å²) in [5.41, 5.74) is 6.55. The van der Waals surface area contributed by atoms with Crippen LogP contribution in [0.15, 0.2) is 54.6 Å². The molecule has 7 nitrogen and oxygen atoms in total. The summed E-state index contributed by atoms with van der Waals surface area (Å²) in [5.74, 6) is 1.05. The highest BCUT2D eigenvalue weighted by Gasteiger charge is 2.35. The number of nitrogen functional groups attached to an aromatic ring is 1. The molecule has 32 heavy (non-hydrogen) atoms. The van der Waals surface area contributed by atoms with Gasteiger partial charge < -0.3 is 16.0 Å². The lowest BCUT2D eigenvalue weighted by molar-refractivity contribution is -0.137. The smallest absolute Gasteiger partial charge is 0.368 e. The molecule has 1 aliphatic rings. The van der Waals surface area contributed by atoms with Crippen molar-refractivity contribution in [1.82, 2.24) is 19.9 Å². The highest BCUT2D eigenvalue weighted by Crippen LogP contribution is 2.36. The van der Waals surface area contributed by atoms with Crippen LogP contribution in [-0.4, -0.2) is 46.0 Å². The second-order valence-electron chi connectivity index (χ2n) is 7.55. The van der Waals surface area contributed by atoms with Gasteiger partial charge in [0.05, 0.1) is 12.1 Å². The number of benzene rings is 2. The van der Waals surface area contributed by atoms with Gasteiger partial charge in [-0.15, -0.1) is 0 Å². The number of nitrogens with two attached hydrogens (primary N) is 1. The third-order valence-electron chi connectivity index (χ3n) is 5.28. The van der Waals surface area contributed by atoms with E-state index in [0.29, 0.717) is 51.0 Å². The normalized spacial score (nSPS) is 15.0. The van der Waals surface area contributed by atoms with Gasteiger partial charge in [-0.2, -0.15) is 28.1 Å². The van der Waals surface area contributed by atoms with Crippen molar-refractivity contribution in [1.29, 1.82) is 0 Å². The van der Waals surface area contributed by atoms with Crippen LogP contribution in [0.3, 0.4) is 0 Å². The molecule has 0 unspecified atom stereocenters. The predicted octanol–water partition coefficient (Wildman–Crippen LogP) is 3.41. The van der Waals surface area contributed by atoms with Gasteiger partial charge in [-0.3, -0.25) is 4.90 Å². The van der Waals surface area contributed by atoms with Crippen LogP contribution in [0.25, 0.3) is 0 Å². The number of hydrogen-bond acceptors (Lipinski definition) is 7. The topological polar surface area (TPSA) is 83.2 Å². The number of anilines is 3. The van der Waals surface area contributed by atoms with E-state index in [9.17, 15) is 13.2 Å². The first-order chi connectivity index (χ1) is 15.4. The van der Waals surface area contributed by atoms with E-state index in [0.717, 1.165) is 11.6 Å². The molecule has 10 heteroatoms. The average molecular weight is 443 g/mol. The molecule has 3 aromatic rings. The Hall–Kier alpha value is -3.40. The summed E-state index contributed by atoms with van der Waals surface area (Å²) in [6.07, 6.45) is -4.38. The van der Waals surface area contributed by atoms with E-state index in [1.165, 1.54) is 12.1 Å². The molecule has 2 aromatic carbocycles. The highest BCUT2D eigenvalue weighted by atomic mass is 19.4. The van der Waals surface area contributed by atoms with Crippen molar-refractivity contribution in [3.8, 4) is 0 Å². The summed E-state index contributed by atoms with van der Waals surface area (Å²) < 4.78 is 40.0. The van der Waals surface area contributed by atoms with E-state index < -0.39 is 11.7 Å². The summed E-state index contributed by atoms with van der Waals surface area (Å²) in [6, 6.07) is 15.5. The summed E-state index contributed by atoms with van der Waals surface area (Å²) >= 11 is 0. The molecule has 1 fully saturated rings. The maximum atomic E-state index is 13.3. The lowest BCUT2D eigenvalue weighted by Gasteiger charge is -2.36. The van der Waals surface area contributed by atoms with Crippen LogP contribution in [0.1, 0.15) is 17.0 Å². The summed E-state index contributed by atoms with van der Waals surface area (Å²) in [7, 11) is 0. The van der Waals surface area contributed by atoms with Gasteiger partial charge in [0.15, 0.2) is 0 Å². The van der Waals surface area contributed by atoms with Crippen molar-refractivity contribution < 1.29 is 13.2 Å². The van der Waals surface area contributed by atoms with E-state index in [-0.39, 0.29) is 11.6 Å². The average Bonchev–Trinajstić information content (AvgIpc) is 2.78. The first-order valence-corrected chi connectivity index (χ1v) is 10.3. The molecule has 1 aromatic heterocycles. The molecule has 0 aliphatic carbocycles. The minimum Gasteiger partial charge on any atom is -0.368 e. The first kappa shape index (κ1) is 21.8. The summed E-state index contributed by atoms with van der Waals surface area (Å²) in [5, 5.41) is 3.15. The van der Waals surface area contributed by atoms with Crippen LogP contribution in [0.2, 0.25) is 0 Å². The van der Waals surface area contributed by atoms with Crippen molar-refractivity contribution in [2.45, 2.75) is 19.3 Å². The lowest BCUT2D eigenvalue weighted by atomic mass is 10.1. The van der Waals surface area contributed by atoms with Gasteiger partial charge in [-0.25, -0.2) is 0 Å². The fraction of sp³-hybridized carbons (Fsp3) is 0.318. The number of piperazine rings is 1. The van der Waals surface area contributed by atoms with Gasteiger partial charge in [0.1, 0.15) is 5.82 Å². The van der Waals surface area contributed by atoms with E-state index >= 15 is 0 Å². The molecule has 0 saturated carbocycles. The number of aromatic nitrogens is 3. The molecular formula is C22H24F3N7. The summed E-state index contributed by atoms with van der Waals surface area (Å²) in [4.78, 5) is 16.7. The minimum atomic E-state index is -4.38. The third kappa shape index (κ3) is 5.44. The number of hydrogen-bond donors (Lipinski definition) is 2. The zero-order valence-electron chi connectivity index (χ0n) is 17.4. The Morgan fingerprint density at radius 2 is 1.56 bits per heavy atom. The molecule has 2 heterocycles. The van der Waals surface area contributed by atoms with E-state index in [1.807, 2.05) is 30.3 Å². The molecule has 1 aliphatic heterocycles. The second kappa shape index (κ2) is 9.39. The fourth-order valence-electron chi connectivity index (χ4n) is 3.70. The van der Waals surface area contributed by atoms with Crippen molar-refractivity contribution in [2.75, 3.05) is 42.1 Å². The van der Waals surface area contributed by atoms with Crippen LogP contribution in [0.4, 0.5) is 30.8 Å². The van der Waals surface area contributed by atoms with Crippen molar-refractivity contribution in [2.24, 2.45) is 0 Å². The Bertz CT molecular complexity index is 1040. The first-order valence-electron chi connectivity index (χ1n) is 10.3.